The molecule has 0 radical (unpaired) electrons. The molecule has 2 aliphatic heterocycles. The van der Waals surface area contributed by atoms with Gasteiger partial charge in [-0.2, -0.15) is 0 Å². The standard InChI is InChI=1S/C24H41N3O2/c1-25-22(16-20-8-4-2-5-9-20)17-26-12-14-27(15-13-26)24-19-28-23(18-29-24)21-10-6-3-7-11-21/h3,6,10,20,22-25H,2,4-5,7-9,11-19H2,1H3/t22-,23?,24?/m1/s1. The Balaban J connectivity index is 1.16. The average Bonchev–Trinajstić information content (AvgIpc) is 2.80. The van der Waals surface area contributed by atoms with Crippen molar-refractivity contribution in [2.75, 3.05) is 53.0 Å². The number of ether oxygens (including phenoxy) is 2. The van der Waals surface area contributed by atoms with Gasteiger partial charge in [-0.3, -0.25) is 9.80 Å². The van der Waals surface area contributed by atoms with Gasteiger partial charge in [0.25, 0.3) is 0 Å². The molecule has 29 heavy (non-hydrogen) atoms. The van der Waals surface area contributed by atoms with E-state index in [1.54, 1.807) is 0 Å². The fraction of sp³-hybridized carbons (Fsp3) is 0.833. The minimum atomic E-state index is 0.135. The molecule has 0 amide bonds. The Morgan fingerprint density at radius 3 is 2.55 bits per heavy atom. The number of allylic oxidation sites excluding steroid dienone is 3. The van der Waals surface area contributed by atoms with Crippen molar-refractivity contribution in [1.82, 2.24) is 15.1 Å². The lowest BCUT2D eigenvalue weighted by atomic mass is 9.84. The Kier molecular flexibility index (Phi) is 8.20. The number of likely N-dealkylation sites (N-methyl/N-ethyl adjacent to an activating group) is 1. The van der Waals surface area contributed by atoms with Gasteiger partial charge in [-0.25, -0.2) is 0 Å². The molecule has 2 unspecified atom stereocenters. The Morgan fingerprint density at radius 1 is 1.07 bits per heavy atom. The smallest absolute Gasteiger partial charge is 0.134 e. The quantitative estimate of drug-likeness (QED) is 0.707. The van der Waals surface area contributed by atoms with Crippen LogP contribution in [0.4, 0.5) is 0 Å². The third-order valence-corrected chi connectivity index (χ3v) is 7.38. The van der Waals surface area contributed by atoms with Crippen molar-refractivity contribution >= 4 is 0 Å². The van der Waals surface area contributed by atoms with E-state index in [4.69, 9.17) is 9.47 Å². The van der Waals surface area contributed by atoms with Crippen LogP contribution in [0.1, 0.15) is 51.4 Å². The van der Waals surface area contributed by atoms with Crippen LogP contribution in [-0.4, -0.2) is 81.2 Å². The molecule has 2 heterocycles. The normalized spacial score (nSPS) is 31.6. The molecule has 0 bridgehead atoms. The van der Waals surface area contributed by atoms with E-state index >= 15 is 0 Å². The minimum absolute atomic E-state index is 0.135. The van der Waals surface area contributed by atoms with E-state index in [1.165, 1.54) is 50.6 Å². The summed E-state index contributed by atoms with van der Waals surface area (Å²) in [6, 6.07) is 0.637. The summed E-state index contributed by atoms with van der Waals surface area (Å²) in [5.74, 6) is 0.943. The van der Waals surface area contributed by atoms with Crippen molar-refractivity contribution in [1.29, 1.82) is 0 Å². The van der Waals surface area contributed by atoms with E-state index in [0.29, 0.717) is 19.3 Å². The van der Waals surface area contributed by atoms with E-state index in [-0.39, 0.29) is 12.3 Å². The fourth-order valence-corrected chi connectivity index (χ4v) is 5.46. The first-order valence-corrected chi connectivity index (χ1v) is 12.0. The highest BCUT2D eigenvalue weighted by molar-refractivity contribution is 5.21. The molecule has 4 rings (SSSR count). The zero-order valence-electron chi connectivity index (χ0n) is 18.4. The maximum atomic E-state index is 6.23. The summed E-state index contributed by atoms with van der Waals surface area (Å²) in [5, 5.41) is 3.60. The van der Waals surface area contributed by atoms with Crippen molar-refractivity contribution in [2.45, 2.75) is 69.7 Å². The Bertz CT molecular complexity index is 542. The fourth-order valence-electron chi connectivity index (χ4n) is 5.46. The van der Waals surface area contributed by atoms with Crippen LogP contribution in [0.25, 0.3) is 0 Å². The molecule has 4 aliphatic rings. The molecular weight excluding hydrogens is 362 g/mol. The number of hydrogen-bond acceptors (Lipinski definition) is 5. The zero-order valence-corrected chi connectivity index (χ0v) is 18.4. The summed E-state index contributed by atoms with van der Waals surface area (Å²) in [6.07, 6.45) is 17.7. The second kappa shape index (κ2) is 11.1. The van der Waals surface area contributed by atoms with Gasteiger partial charge in [-0.15, -0.1) is 0 Å². The van der Waals surface area contributed by atoms with Crippen LogP contribution in [0, 0.1) is 5.92 Å². The first kappa shape index (κ1) is 21.5. The molecule has 1 N–H and O–H groups in total. The molecule has 5 heteroatoms. The van der Waals surface area contributed by atoms with Gasteiger partial charge in [0.15, 0.2) is 0 Å². The van der Waals surface area contributed by atoms with Crippen molar-refractivity contribution in [3.63, 3.8) is 0 Å². The lowest BCUT2D eigenvalue weighted by Gasteiger charge is -2.42. The molecule has 164 valence electrons. The highest BCUT2D eigenvalue weighted by atomic mass is 16.6. The van der Waals surface area contributed by atoms with Gasteiger partial charge in [0, 0.05) is 38.8 Å². The van der Waals surface area contributed by atoms with Gasteiger partial charge >= 0.3 is 0 Å². The van der Waals surface area contributed by atoms with Gasteiger partial charge in [0.05, 0.1) is 13.2 Å². The van der Waals surface area contributed by atoms with Crippen LogP contribution in [0.2, 0.25) is 0 Å². The van der Waals surface area contributed by atoms with E-state index in [0.717, 1.165) is 44.9 Å². The largest absolute Gasteiger partial charge is 0.367 e. The number of piperazine rings is 1. The summed E-state index contributed by atoms with van der Waals surface area (Å²) in [5.41, 5.74) is 1.40. The molecule has 0 aromatic heterocycles. The number of rotatable bonds is 7. The van der Waals surface area contributed by atoms with Crippen LogP contribution in [0.3, 0.4) is 0 Å². The highest BCUT2D eigenvalue weighted by Crippen LogP contribution is 2.28. The van der Waals surface area contributed by atoms with Crippen LogP contribution in [0.15, 0.2) is 23.8 Å². The predicted molar refractivity (Wildman–Crippen MR) is 118 cm³/mol. The molecule has 1 saturated carbocycles. The Hall–Kier alpha value is -0.720. The zero-order chi connectivity index (χ0) is 19.9. The number of nitrogens with one attached hydrogen (secondary N) is 1. The minimum Gasteiger partial charge on any atom is -0.367 e. The lowest BCUT2D eigenvalue weighted by molar-refractivity contribution is -0.182. The lowest BCUT2D eigenvalue weighted by Crippen LogP contribution is -2.56. The Labute approximate surface area is 177 Å². The van der Waals surface area contributed by atoms with Crippen molar-refractivity contribution in [3.8, 4) is 0 Å². The van der Waals surface area contributed by atoms with Gasteiger partial charge in [0.2, 0.25) is 0 Å². The summed E-state index contributed by atoms with van der Waals surface area (Å²) in [6.45, 7) is 7.05. The van der Waals surface area contributed by atoms with Gasteiger partial charge in [-0.05, 0) is 37.8 Å². The van der Waals surface area contributed by atoms with Gasteiger partial charge < -0.3 is 14.8 Å². The maximum Gasteiger partial charge on any atom is 0.134 e. The van der Waals surface area contributed by atoms with Crippen LogP contribution < -0.4 is 5.32 Å². The van der Waals surface area contributed by atoms with E-state index in [9.17, 15) is 0 Å². The first-order chi connectivity index (χ1) is 14.3. The molecule has 5 nitrogen and oxygen atoms in total. The topological polar surface area (TPSA) is 37.0 Å². The van der Waals surface area contributed by atoms with Crippen LogP contribution >= 0.6 is 0 Å². The van der Waals surface area contributed by atoms with Gasteiger partial charge in [0.1, 0.15) is 12.3 Å². The molecule has 3 fully saturated rings. The molecule has 0 spiro atoms. The van der Waals surface area contributed by atoms with Gasteiger partial charge in [-0.1, -0.05) is 50.3 Å². The first-order valence-electron chi connectivity index (χ1n) is 12.0. The highest BCUT2D eigenvalue weighted by Gasteiger charge is 2.31. The van der Waals surface area contributed by atoms with Crippen LogP contribution in [0.5, 0.6) is 0 Å². The van der Waals surface area contributed by atoms with E-state index in [2.05, 4.69) is 40.4 Å². The van der Waals surface area contributed by atoms with Crippen molar-refractivity contribution < 1.29 is 9.47 Å². The molecular formula is C24H41N3O2. The van der Waals surface area contributed by atoms with E-state index in [1.807, 2.05) is 0 Å². The molecule has 0 aromatic rings. The summed E-state index contributed by atoms with van der Waals surface area (Å²) < 4.78 is 12.4. The summed E-state index contributed by atoms with van der Waals surface area (Å²) in [4.78, 5) is 5.13. The SMILES string of the molecule is CN[C@H](CC1CCCCC1)CN1CCN(C2COC(C3=CC=CCC3)CO2)CC1. The molecule has 3 atom stereocenters. The Morgan fingerprint density at radius 2 is 1.90 bits per heavy atom. The molecule has 2 saturated heterocycles. The average molecular weight is 404 g/mol. The monoisotopic (exact) mass is 403 g/mol. The number of nitrogens with zero attached hydrogens (tertiary/aromatic N) is 2. The second-order valence-corrected chi connectivity index (χ2v) is 9.38. The molecule has 2 aliphatic carbocycles. The van der Waals surface area contributed by atoms with E-state index < -0.39 is 0 Å². The third kappa shape index (κ3) is 6.14. The summed E-state index contributed by atoms with van der Waals surface area (Å²) >= 11 is 0. The second-order valence-electron chi connectivity index (χ2n) is 9.38. The predicted octanol–water partition coefficient (Wildman–Crippen LogP) is 3.18. The van der Waals surface area contributed by atoms with Crippen LogP contribution in [-0.2, 0) is 9.47 Å². The van der Waals surface area contributed by atoms with Crippen molar-refractivity contribution in [3.05, 3.63) is 23.8 Å². The maximum absolute atomic E-state index is 6.23. The molecule has 0 aromatic carbocycles. The third-order valence-electron chi connectivity index (χ3n) is 7.38. The summed E-state index contributed by atoms with van der Waals surface area (Å²) in [7, 11) is 2.14. The number of hydrogen-bond donors (Lipinski definition) is 1. The van der Waals surface area contributed by atoms with Crippen molar-refractivity contribution in [2.24, 2.45) is 5.92 Å².